The first-order valence-corrected chi connectivity index (χ1v) is 9.84. The third-order valence-corrected chi connectivity index (χ3v) is 4.60. The van der Waals surface area contributed by atoms with Gasteiger partial charge in [0, 0.05) is 18.7 Å². The van der Waals surface area contributed by atoms with Crippen LogP contribution in [0.1, 0.15) is 39.2 Å². The molecule has 1 amide bonds. The number of aromatic nitrogens is 2. The number of nitrogens with two attached hydrogens (primary N) is 1. The molecule has 1 aromatic carbocycles. The fourth-order valence-electron chi connectivity index (χ4n) is 3.17. The van der Waals surface area contributed by atoms with Crippen LogP contribution in [0.4, 0.5) is 11.5 Å². The Balaban J connectivity index is 2.50. The van der Waals surface area contributed by atoms with E-state index >= 15 is 0 Å². The van der Waals surface area contributed by atoms with Gasteiger partial charge in [0.2, 0.25) is 5.91 Å². The molecule has 0 fully saturated rings. The first-order valence-electron chi connectivity index (χ1n) is 9.84. The van der Waals surface area contributed by atoms with E-state index in [0.29, 0.717) is 30.8 Å². The Morgan fingerprint density at radius 2 is 1.97 bits per heavy atom. The van der Waals surface area contributed by atoms with E-state index in [4.69, 9.17) is 10.5 Å². The summed E-state index contributed by atoms with van der Waals surface area (Å²) in [5.41, 5.74) is 5.73. The summed E-state index contributed by atoms with van der Waals surface area (Å²) >= 11 is 0. The van der Waals surface area contributed by atoms with Crippen LogP contribution in [0.25, 0.3) is 0 Å². The second-order valence-corrected chi connectivity index (χ2v) is 7.39. The fraction of sp³-hybridized carbons (Fsp3) is 0.476. The van der Waals surface area contributed by atoms with Crippen LogP contribution in [0.5, 0.6) is 5.75 Å². The molecule has 0 spiro atoms. The van der Waals surface area contributed by atoms with E-state index in [0.717, 1.165) is 6.42 Å². The van der Waals surface area contributed by atoms with E-state index < -0.39 is 11.2 Å². The highest BCUT2D eigenvalue weighted by Crippen LogP contribution is 2.22. The summed E-state index contributed by atoms with van der Waals surface area (Å²) in [5.74, 6) is 0.469. The summed E-state index contributed by atoms with van der Waals surface area (Å²) in [6.07, 6.45) is 1.58. The Hall–Kier alpha value is -3.03. The van der Waals surface area contributed by atoms with Crippen molar-refractivity contribution >= 4 is 17.4 Å². The summed E-state index contributed by atoms with van der Waals surface area (Å²) in [6, 6.07) is 7.24. The maximum Gasteiger partial charge on any atom is 0.330 e. The third-order valence-electron chi connectivity index (χ3n) is 4.60. The second kappa shape index (κ2) is 9.95. The lowest BCUT2D eigenvalue weighted by Crippen LogP contribution is -2.42. The summed E-state index contributed by atoms with van der Waals surface area (Å²) in [7, 11) is 1.54. The Morgan fingerprint density at radius 3 is 2.59 bits per heavy atom. The molecule has 0 bridgehead atoms. The van der Waals surface area contributed by atoms with Crippen LogP contribution in [0.2, 0.25) is 0 Å². The third kappa shape index (κ3) is 5.28. The fourth-order valence-corrected chi connectivity index (χ4v) is 3.17. The number of benzene rings is 1. The molecule has 8 heteroatoms. The van der Waals surface area contributed by atoms with Gasteiger partial charge in [0.25, 0.3) is 5.56 Å². The van der Waals surface area contributed by atoms with Crippen molar-refractivity contribution in [3.8, 4) is 5.75 Å². The monoisotopic (exact) mass is 402 g/mol. The number of para-hydroxylation sites is 1. The van der Waals surface area contributed by atoms with Gasteiger partial charge in [0.05, 0.1) is 13.5 Å². The number of ether oxygens (including phenoxy) is 1. The zero-order chi connectivity index (χ0) is 21.6. The zero-order valence-electron chi connectivity index (χ0n) is 17.5. The highest BCUT2D eigenvalue weighted by atomic mass is 16.5. The van der Waals surface area contributed by atoms with Gasteiger partial charge in [-0.05, 0) is 18.4 Å². The molecule has 0 saturated heterocycles. The van der Waals surface area contributed by atoms with Crippen molar-refractivity contribution in [1.29, 1.82) is 0 Å². The van der Waals surface area contributed by atoms with E-state index in [2.05, 4.69) is 4.98 Å². The van der Waals surface area contributed by atoms with Gasteiger partial charge in [-0.25, -0.2) is 4.79 Å². The largest absolute Gasteiger partial charge is 0.496 e. The van der Waals surface area contributed by atoms with Crippen molar-refractivity contribution < 1.29 is 9.53 Å². The molecule has 1 aromatic heterocycles. The van der Waals surface area contributed by atoms with Crippen LogP contribution in [0.3, 0.4) is 0 Å². The van der Waals surface area contributed by atoms with Crippen molar-refractivity contribution in [3.05, 3.63) is 50.7 Å². The smallest absolute Gasteiger partial charge is 0.330 e. The van der Waals surface area contributed by atoms with E-state index in [1.807, 2.05) is 39.0 Å². The number of anilines is 2. The lowest BCUT2D eigenvalue weighted by molar-refractivity contribution is -0.118. The predicted molar refractivity (Wildman–Crippen MR) is 115 cm³/mol. The average Bonchev–Trinajstić information content (AvgIpc) is 2.67. The standard InChI is InChI=1S/C21H30N4O4/c1-5-6-11-24(17(26)12-15-9-7-8-10-16(15)29-4)18-19(22)25(13-14(2)3)21(28)23-20(18)27/h7-10,14H,5-6,11-13,22H2,1-4H3,(H,23,27,28). The molecule has 158 valence electrons. The number of carbonyl (C=O) groups is 1. The van der Waals surface area contributed by atoms with E-state index in [1.54, 1.807) is 13.2 Å². The van der Waals surface area contributed by atoms with Crippen LogP contribution in [0, 0.1) is 5.92 Å². The van der Waals surface area contributed by atoms with Gasteiger partial charge in [-0.2, -0.15) is 0 Å². The van der Waals surface area contributed by atoms with Gasteiger partial charge >= 0.3 is 5.69 Å². The maximum atomic E-state index is 13.2. The molecule has 0 atom stereocenters. The van der Waals surface area contributed by atoms with Crippen molar-refractivity contribution in [3.63, 3.8) is 0 Å². The Labute approximate surface area is 170 Å². The van der Waals surface area contributed by atoms with E-state index in [-0.39, 0.29) is 29.8 Å². The second-order valence-electron chi connectivity index (χ2n) is 7.39. The number of carbonyl (C=O) groups excluding carboxylic acids is 1. The SMILES string of the molecule is CCCCN(C(=O)Cc1ccccc1OC)c1c(N)n(CC(C)C)c(=O)[nH]c1=O. The number of nitrogens with one attached hydrogen (secondary N) is 1. The molecule has 0 aliphatic rings. The minimum atomic E-state index is -0.656. The number of H-pyrrole nitrogens is 1. The number of methoxy groups -OCH3 is 1. The lowest BCUT2D eigenvalue weighted by Gasteiger charge is -2.25. The quantitative estimate of drug-likeness (QED) is 0.668. The van der Waals surface area contributed by atoms with Gasteiger partial charge in [-0.15, -0.1) is 0 Å². The highest BCUT2D eigenvalue weighted by molar-refractivity contribution is 5.97. The summed E-state index contributed by atoms with van der Waals surface area (Å²) < 4.78 is 6.65. The zero-order valence-corrected chi connectivity index (χ0v) is 17.5. The first kappa shape index (κ1) is 22.3. The van der Waals surface area contributed by atoms with E-state index in [1.165, 1.54) is 9.47 Å². The van der Waals surface area contributed by atoms with Crippen molar-refractivity contribution in [2.45, 2.75) is 46.6 Å². The number of hydrogen-bond donors (Lipinski definition) is 2. The number of aromatic amines is 1. The van der Waals surface area contributed by atoms with Crippen molar-refractivity contribution in [1.82, 2.24) is 9.55 Å². The van der Waals surface area contributed by atoms with Crippen molar-refractivity contribution in [2.75, 3.05) is 24.3 Å². The molecule has 0 unspecified atom stereocenters. The van der Waals surface area contributed by atoms with Crippen molar-refractivity contribution in [2.24, 2.45) is 5.92 Å². The highest BCUT2D eigenvalue weighted by Gasteiger charge is 2.25. The van der Waals surface area contributed by atoms with Crippen LogP contribution >= 0.6 is 0 Å². The average molecular weight is 402 g/mol. The predicted octanol–water partition coefficient (Wildman–Crippen LogP) is 2.16. The molecule has 1 heterocycles. The summed E-state index contributed by atoms with van der Waals surface area (Å²) in [4.78, 5) is 41.7. The van der Waals surface area contributed by atoms with Gasteiger partial charge < -0.3 is 15.4 Å². The van der Waals surface area contributed by atoms with Gasteiger partial charge in [0.1, 0.15) is 11.6 Å². The molecule has 0 aliphatic heterocycles. The topological polar surface area (TPSA) is 110 Å². The molecule has 0 saturated carbocycles. The first-order chi connectivity index (χ1) is 13.8. The Morgan fingerprint density at radius 1 is 1.28 bits per heavy atom. The molecule has 2 rings (SSSR count). The Kier molecular flexibility index (Phi) is 7.64. The normalized spacial score (nSPS) is 10.9. The van der Waals surface area contributed by atoms with Crippen LogP contribution in [-0.4, -0.2) is 29.1 Å². The number of amides is 1. The minimum Gasteiger partial charge on any atom is -0.496 e. The number of nitrogen functional groups attached to an aromatic ring is 1. The van der Waals surface area contributed by atoms with Crippen LogP contribution in [0.15, 0.2) is 33.9 Å². The van der Waals surface area contributed by atoms with Crippen LogP contribution < -0.4 is 26.6 Å². The lowest BCUT2D eigenvalue weighted by atomic mass is 10.1. The molecule has 0 aliphatic carbocycles. The van der Waals surface area contributed by atoms with Gasteiger partial charge in [-0.1, -0.05) is 45.4 Å². The number of unbranched alkanes of at least 4 members (excludes halogenated alkanes) is 1. The minimum absolute atomic E-state index is 0.0110. The maximum absolute atomic E-state index is 13.2. The van der Waals surface area contributed by atoms with Gasteiger partial charge in [0.15, 0.2) is 5.69 Å². The molecule has 2 aromatic rings. The summed E-state index contributed by atoms with van der Waals surface area (Å²) in [6.45, 7) is 6.56. The molecular weight excluding hydrogens is 372 g/mol. The van der Waals surface area contributed by atoms with Gasteiger partial charge in [-0.3, -0.25) is 19.1 Å². The van der Waals surface area contributed by atoms with Crippen LogP contribution in [-0.2, 0) is 17.8 Å². The molecular formula is C21H30N4O4. The number of rotatable bonds is 9. The molecule has 3 N–H and O–H groups in total. The molecule has 0 radical (unpaired) electrons. The summed E-state index contributed by atoms with van der Waals surface area (Å²) in [5, 5.41) is 0. The molecule has 8 nitrogen and oxygen atoms in total. The number of nitrogens with zero attached hydrogens (tertiary/aromatic N) is 2. The number of hydrogen-bond acceptors (Lipinski definition) is 5. The molecule has 29 heavy (non-hydrogen) atoms. The Bertz CT molecular complexity index is 962. The van der Waals surface area contributed by atoms with E-state index in [9.17, 15) is 14.4 Å².